The summed E-state index contributed by atoms with van der Waals surface area (Å²) in [5.41, 5.74) is 0. The Morgan fingerprint density at radius 1 is 0.367 bits per heavy atom. The summed E-state index contributed by atoms with van der Waals surface area (Å²) in [6.45, 7) is 2.64. The standard InChI is InChI=1S/C5H11N.C5H7N.2C4H6N2.4C3H5N3.2C2H4N4/c2*1-6-4-2-3-5-6;1-6-3-2-5-4-6;1-6-4-2-3-5-6;1-6-2-4-5-3-6;1-6-3-4-2-5-6;1-6-3-2-4-5-6;1-6-4-2-3-5-6;1-6-2-3-4-5-6;1-6-4-2-3-5-6/h2-5H2,1H3;2-5H,1H3;2*2-4H,1H3;4*2-3H,1H3;2*2H,1H3. The van der Waals surface area contributed by atoms with Gasteiger partial charge in [-0.1, -0.05) is 5.21 Å². The van der Waals surface area contributed by atoms with Crippen LogP contribution in [-0.2, 0) is 63.4 Å². The Kier molecular flexibility index (Phi) is 28.1. The van der Waals surface area contributed by atoms with Crippen molar-refractivity contribution in [3.05, 3.63) is 124 Å². The lowest BCUT2D eigenvalue weighted by molar-refractivity contribution is 0.418. The Balaban J connectivity index is 0.000000333. The number of tetrazole rings is 2. The van der Waals surface area contributed by atoms with E-state index < -0.39 is 0 Å². The molecule has 0 radical (unpaired) electrons. The molecule has 324 valence electrons. The second-order valence-corrected chi connectivity index (χ2v) is 12.0. The van der Waals surface area contributed by atoms with Gasteiger partial charge in [-0.2, -0.15) is 30.0 Å². The van der Waals surface area contributed by atoms with E-state index in [1.165, 1.54) is 59.2 Å². The highest BCUT2D eigenvalue weighted by Crippen LogP contribution is 2.02. The maximum absolute atomic E-state index is 3.83. The second kappa shape index (κ2) is 33.5. The maximum atomic E-state index is 3.83. The number of aryl methyl sites for hydroxylation is 9. The zero-order valence-corrected chi connectivity index (χ0v) is 36.0. The quantitative estimate of drug-likeness (QED) is 0.199. The van der Waals surface area contributed by atoms with E-state index in [4.69, 9.17) is 0 Å². The molecule has 9 aromatic heterocycles. The molecule has 1 saturated heterocycles. The molecule has 9 aromatic rings. The van der Waals surface area contributed by atoms with Crippen LogP contribution in [0.25, 0.3) is 0 Å². The summed E-state index contributed by atoms with van der Waals surface area (Å²) in [6.07, 6.45) is 31.9. The van der Waals surface area contributed by atoms with Crippen molar-refractivity contribution < 1.29 is 0 Å². The lowest BCUT2D eigenvalue weighted by Crippen LogP contribution is -2.10. The van der Waals surface area contributed by atoms with E-state index in [9.17, 15) is 0 Å². The zero-order valence-electron chi connectivity index (χ0n) is 36.0. The molecule has 1 aliphatic heterocycles. The molecule has 0 aromatic carbocycles. The van der Waals surface area contributed by atoms with Crippen LogP contribution in [-0.4, -0.2) is 149 Å². The molecule has 0 N–H and O–H groups in total. The Bertz CT molecular complexity index is 1570. The van der Waals surface area contributed by atoms with E-state index in [0.717, 1.165) is 0 Å². The first-order valence-electron chi connectivity index (χ1n) is 18.1. The Labute approximate surface area is 349 Å². The summed E-state index contributed by atoms with van der Waals surface area (Å²) in [5, 5.41) is 49.9. The van der Waals surface area contributed by atoms with E-state index in [2.05, 4.69) is 93.8 Å². The summed E-state index contributed by atoms with van der Waals surface area (Å²) in [6, 6.07) is 5.89. The van der Waals surface area contributed by atoms with Crippen molar-refractivity contribution in [2.24, 2.45) is 63.4 Å². The van der Waals surface area contributed by atoms with Gasteiger partial charge >= 0.3 is 0 Å². The fourth-order valence-electron chi connectivity index (χ4n) is 3.46. The average Bonchev–Trinajstić information content (AvgIpc) is 4.06. The molecular weight excluding hydrogens is 773 g/mol. The van der Waals surface area contributed by atoms with Crippen molar-refractivity contribution in [2.45, 2.75) is 12.8 Å². The van der Waals surface area contributed by atoms with Crippen molar-refractivity contribution in [1.29, 1.82) is 0 Å². The molecule has 0 saturated carbocycles. The summed E-state index contributed by atoms with van der Waals surface area (Å²) in [4.78, 5) is 12.7. The first-order valence-corrected chi connectivity index (χ1v) is 18.1. The molecule has 0 atom stereocenters. The van der Waals surface area contributed by atoms with Crippen molar-refractivity contribution >= 4 is 0 Å². The highest BCUT2D eigenvalue weighted by Gasteiger charge is 2.03. The first kappa shape index (κ1) is 50.4. The highest BCUT2D eigenvalue weighted by molar-refractivity contribution is 4.88. The third-order valence-electron chi connectivity index (χ3n) is 6.40. The smallest absolute Gasteiger partial charge is 0.162 e. The van der Waals surface area contributed by atoms with Gasteiger partial charge in [0.05, 0.1) is 32.0 Å². The van der Waals surface area contributed by atoms with E-state index in [1.807, 2.05) is 94.4 Å². The number of hydrogen-bond donors (Lipinski definition) is 0. The fourth-order valence-corrected chi connectivity index (χ4v) is 3.46. The Morgan fingerprint density at radius 3 is 1.23 bits per heavy atom. The minimum Gasteiger partial charge on any atom is -0.357 e. The average molecular weight is 831 g/mol. The predicted molar refractivity (Wildman–Crippen MR) is 220 cm³/mol. The molecule has 10 rings (SSSR count). The van der Waals surface area contributed by atoms with Gasteiger partial charge < -0.3 is 18.6 Å². The molecule has 1 aliphatic rings. The lowest BCUT2D eigenvalue weighted by Gasteiger charge is -2.01. The van der Waals surface area contributed by atoms with Gasteiger partial charge in [-0.05, 0) is 66.8 Å². The predicted octanol–water partition coefficient (Wildman–Crippen LogP) is 0.258. The number of aromatic nitrogens is 25. The van der Waals surface area contributed by atoms with Crippen molar-refractivity contribution in [1.82, 2.24) is 129 Å². The molecule has 10 heterocycles. The fraction of sp³-hybridized carbons (Fsp3) is 0.412. The van der Waals surface area contributed by atoms with Crippen LogP contribution in [0.3, 0.4) is 0 Å². The van der Waals surface area contributed by atoms with Gasteiger partial charge in [0, 0.05) is 99.8 Å². The molecule has 0 aliphatic carbocycles. The topological polar surface area (TPSA) is 254 Å². The first-order chi connectivity index (χ1) is 28.9. The maximum Gasteiger partial charge on any atom is 0.162 e. The molecule has 0 spiro atoms. The van der Waals surface area contributed by atoms with Gasteiger partial charge in [0.2, 0.25) is 0 Å². The van der Waals surface area contributed by atoms with E-state index in [1.54, 1.807) is 102 Å². The molecule has 0 bridgehead atoms. The second-order valence-electron chi connectivity index (χ2n) is 12.0. The van der Waals surface area contributed by atoms with E-state index in [-0.39, 0.29) is 0 Å². The van der Waals surface area contributed by atoms with Gasteiger partial charge in [0.15, 0.2) is 6.33 Å². The lowest BCUT2D eigenvalue weighted by atomic mass is 10.4. The largest absolute Gasteiger partial charge is 0.357 e. The molecule has 26 heteroatoms. The summed E-state index contributed by atoms with van der Waals surface area (Å²) < 4.78 is 12.2. The minimum absolute atomic E-state index is 1.32. The summed E-state index contributed by atoms with van der Waals surface area (Å²) >= 11 is 0. The minimum atomic E-state index is 1.32. The summed E-state index contributed by atoms with van der Waals surface area (Å²) in [7, 11) is 18.8. The third kappa shape index (κ3) is 31.6. The van der Waals surface area contributed by atoms with Crippen molar-refractivity contribution in [3.63, 3.8) is 0 Å². The van der Waals surface area contributed by atoms with E-state index in [0.29, 0.717) is 0 Å². The van der Waals surface area contributed by atoms with Gasteiger partial charge in [-0.3, -0.25) is 14.0 Å². The van der Waals surface area contributed by atoms with Crippen LogP contribution in [0.2, 0.25) is 0 Å². The van der Waals surface area contributed by atoms with Gasteiger partial charge in [-0.15, -0.1) is 30.6 Å². The van der Waals surface area contributed by atoms with Crippen LogP contribution in [0, 0.1) is 0 Å². The summed E-state index contributed by atoms with van der Waals surface area (Å²) in [5.74, 6) is 0. The van der Waals surface area contributed by atoms with Crippen LogP contribution >= 0.6 is 0 Å². The number of likely N-dealkylation sites (tertiary alicyclic amines) is 1. The molecule has 26 nitrogen and oxygen atoms in total. The number of nitrogens with zero attached hydrogens (tertiary/aromatic N) is 26. The van der Waals surface area contributed by atoms with Crippen LogP contribution < -0.4 is 0 Å². The number of rotatable bonds is 0. The monoisotopic (exact) mass is 831 g/mol. The molecule has 60 heavy (non-hydrogen) atoms. The van der Waals surface area contributed by atoms with Gasteiger partial charge in [-0.25, -0.2) is 14.6 Å². The molecule has 0 unspecified atom stereocenters. The number of hydrogen-bond acceptors (Lipinski definition) is 17. The highest BCUT2D eigenvalue weighted by atomic mass is 15.6. The van der Waals surface area contributed by atoms with Gasteiger partial charge in [0.1, 0.15) is 31.6 Å². The molecule has 1 fully saturated rings. The van der Waals surface area contributed by atoms with Crippen LogP contribution in [0.4, 0.5) is 0 Å². The van der Waals surface area contributed by atoms with Crippen LogP contribution in [0.1, 0.15) is 12.8 Å². The zero-order chi connectivity index (χ0) is 44.1. The van der Waals surface area contributed by atoms with Gasteiger partial charge in [0.25, 0.3) is 0 Å². The van der Waals surface area contributed by atoms with E-state index >= 15 is 0 Å². The Hall–Kier alpha value is -7.64. The van der Waals surface area contributed by atoms with Crippen LogP contribution in [0.15, 0.2) is 124 Å². The SMILES string of the molecule is CN1CCCC1.Cn1cccc1.Cn1cccn1.Cn1ccnc1.Cn1ccnn1.Cn1cncn1.Cn1cnnc1.Cn1cnnn1.Cn1nccn1.Cn1ncnn1. The third-order valence-corrected chi connectivity index (χ3v) is 6.40. The number of imidazole rings is 1. The molecule has 0 amide bonds. The van der Waals surface area contributed by atoms with Crippen LogP contribution in [0.5, 0.6) is 0 Å². The van der Waals surface area contributed by atoms with Crippen molar-refractivity contribution in [3.8, 4) is 0 Å². The normalized spacial score (nSPS) is 10.5. The van der Waals surface area contributed by atoms with Crippen molar-refractivity contribution in [2.75, 3.05) is 20.1 Å². The molecular formula is C34H58N26. The Morgan fingerprint density at radius 2 is 1.07 bits per heavy atom.